The smallest absolute Gasteiger partial charge is 0.164 e. The number of rotatable bonds is 8. The highest BCUT2D eigenvalue weighted by molar-refractivity contribution is 6.14. The minimum absolute atomic E-state index is 0.0594. The van der Waals surface area contributed by atoms with Crippen LogP contribution in [0.4, 0.5) is 0 Å². The van der Waals surface area contributed by atoms with Gasteiger partial charge in [0, 0.05) is 38.7 Å². The summed E-state index contributed by atoms with van der Waals surface area (Å²) in [7, 11) is 0. The average molecular weight is 783 g/mol. The molecular formula is C57H38N4. The van der Waals surface area contributed by atoms with Gasteiger partial charge in [-0.05, 0) is 63.2 Å². The zero-order valence-electron chi connectivity index (χ0n) is 36.9. The van der Waals surface area contributed by atoms with Gasteiger partial charge in [-0.2, -0.15) is 0 Å². The summed E-state index contributed by atoms with van der Waals surface area (Å²) < 4.78 is 37.7. The summed E-state index contributed by atoms with van der Waals surface area (Å²) in [5.74, 6) is 1.79. The molecule has 0 unspecified atom stereocenters. The Morgan fingerprint density at radius 3 is 1.31 bits per heavy atom. The highest BCUT2D eigenvalue weighted by Gasteiger charge is 2.17. The Morgan fingerprint density at radius 2 is 0.738 bits per heavy atom. The van der Waals surface area contributed by atoms with Crippen molar-refractivity contribution < 1.29 is 5.48 Å². The van der Waals surface area contributed by atoms with Gasteiger partial charge in [0.25, 0.3) is 0 Å². The molecule has 0 saturated carbocycles. The summed E-state index contributed by atoms with van der Waals surface area (Å²) in [4.78, 5) is 14.6. The normalized spacial score (nSPS) is 12.2. The second kappa shape index (κ2) is 15.5. The molecule has 61 heavy (non-hydrogen) atoms. The van der Waals surface area contributed by atoms with Crippen molar-refractivity contribution in [2.75, 3.05) is 0 Å². The molecule has 0 aliphatic carbocycles. The molecule has 0 spiro atoms. The van der Waals surface area contributed by atoms with E-state index in [9.17, 15) is 1.37 Å². The van der Waals surface area contributed by atoms with E-state index < -0.39 is 0 Å². The van der Waals surface area contributed by atoms with Crippen LogP contribution in [0, 0.1) is 0 Å². The Balaban J connectivity index is 0.986. The lowest BCUT2D eigenvalue weighted by Crippen LogP contribution is -2.00. The third-order valence-electron chi connectivity index (χ3n) is 11.2. The summed E-state index contributed by atoms with van der Waals surface area (Å²) in [6.45, 7) is 0. The van der Waals surface area contributed by atoms with Crippen molar-refractivity contribution in [1.82, 2.24) is 19.5 Å². The lowest BCUT2D eigenvalue weighted by Gasteiger charge is -2.14. The second-order valence-corrected chi connectivity index (χ2v) is 14.9. The Morgan fingerprint density at radius 1 is 0.328 bits per heavy atom. The fraction of sp³-hybridized carbons (Fsp3) is 0. The fourth-order valence-corrected chi connectivity index (χ4v) is 8.16. The molecule has 9 aromatic carbocycles. The summed E-state index contributed by atoms with van der Waals surface area (Å²) >= 11 is 0. The molecular weight excluding hydrogens is 741 g/mol. The first-order valence-electron chi connectivity index (χ1n) is 22.3. The molecule has 0 atom stereocenters. The first-order chi connectivity index (χ1) is 31.9. The molecule has 286 valence electrons. The van der Waals surface area contributed by atoms with Gasteiger partial charge in [0.15, 0.2) is 17.5 Å². The lowest BCUT2D eigenvalue weighted by atomic mass is 9.96. The van der Waals surface area contributed by atoms with E-state index in [1.165, 1.54) is 5.56 Å². The Hall–Kier alpha value is -8.21. The molecule has 0 aliphatic rings. The summed E-state index contributed by atoms with van der Waals surface area (Å²) in [5.41, 5.74) is 13.1. The first kappa shape index (κ1) is 31.7. The van der Waals surface area contributed by atoms with Gasteiger partial charge in [0.05, 0.1) is 16.5 Å². The zero-order chi connectivity index (χ0) is 44.0. The van der Waals surface area contributed by atoms with Crippen molar-refractivity contribution in [2.45, 2.75) is 0 Å². The van der Waals surface area contributed by atoms with Crippen molar-refractivity contribution in [1.29, 1.82) is 0 Å². The monoisotopic (exact) mass is 782 g/mol. The Labute approximate surface area is 360 Å². The maximum atomic E-state index is 9.22. The molecule has 4 heteroatoms. The molecule has 2 aromatic heterocycles. The Bertz CT molecular complexity index is 3480. The van der Waals surface area contributed by atoms with Crippen LogP contribution in [0.3, 0.4) is 0 Å². The molecule has 0 amide bonds. The van der Waals surface area contributed by atoms with Crippen LogP contribution in [0.1, 0.15) is 5.48 Å². The van der Waals surface area contributed by atoms with Crippen molar-refractivity contribution in [3.8, 4) is 84.4 Å². The average Bonchev–Trinajstić information content (AvgIpc) is 3.74. The molecule has 2 heterocycles. The number of benzene rings is 9. The molecule has 0 saturated heterocycles. The molecule has 4 nitrogen and oxygen atoms in total. The van der Waals surface area contributed by atoms with Crippen molar-refractivity contribution in [3.63, 3.8) is 0 Å². The minimum Gasteiger partial charge on any atom is -0.309 e. The summed E-state index contributed by atoms with van der Waals surface area (Å²) in [6, 6.07) is 68.9. The quantitative estimate of drug-likeness (QED) is 0.154. The molecule has 0 aliphatic heterocycles. The van der Waals surface area contributed by atoms with Crippen LogP contribution in [0.15, 0.2) is 230 Å². The fourth-order valence-electron chi connectivity index (χ4n) is 8.16. The highest BCUT2D eigenvalue weighted by atomic mass is 15.0. The molecule has 0 N–H and O–H groups in total. The third kappa shape index (κ3) is 6.86. The second-order valence-electron chi connectivity index (χ2n) is 14.9. The largest absolute Gasteiger partial charge is 0.309 e. The highest BCUT2D eigenvalue weighted by Crippen LogP contribution is 2.40. The molecule has 11 aromatic rings. The van der Waals surface area contributed by atoms with Crippen molar-refractivity contribution in [3.05, 3.63) is 230 Å². The van der Waals surface area contributed by atoms with Gasteiger partial charge in [-0.1, -0.05) is 206 Å². The summed E-state index contributed by atoms with van der Waals surface area (Å²) in [5, 5.41) is 1.25. The van der Waals surface area contributed by atoms with Crippen LogP contribution in [0.5, 0.6) is 0 Å². The minimum atomic E-state index is -0.268. The van der Waals surface area contributed by atoms with E-state index in [2.05, 4.69) is 91.0 Å². The maximum absolute atomic E-state index is 9.22. The van der Waals surface area contributed by atoms with E-state index in [4.69, 9.17) is 19.1 Å². The number of nitrogens with zero attached hydrogens (tertiary/aromatic N) is 4. The van der Waals surface area contributed by atoms with Crippen LogP contribution in [0.25, 0.3) is 106 Å². The van der Waals surface area contributed by atoms with Crippen molar-refractivity contribution in [2.24, 2.45) is 0 Å². The predicted octanol–water partition coefficient (Wildman–Crippen LogP) is 14.6. The number of fused-ring (bicyclic) bond motifs is 3. The van der Waals surface area contributed by atoms with Crippen LogP contribution >= 0.6 is 0 Å². The third-order valence-corrected chi connectivity index (χ3v) is 11.2. The number of hydrogen-bond acceptors (Lipinski definition) is 3. The number of aromatic nitrogens is 4. The van der Waals surface area contributed by atoms with Crippen LogP contribution < -0.4 is 0 Å². The standard InChI is InChI=1S/C57H38N4/c1-4-14-39(15-5-1)40-26-28-43(29-27-40)47-20-12-21-48(38-47)50-23-13-24-52-51-22-10-11-25-53(51)61(54(50)52)49-36-34-42(35-37-49)41-30-32-46(33-31-41)57-59-55(44-16-6-2-7-17-44)58-56(60-57)45-18-8-3-9-19-45/h1-38H/i10D,11D,22D,25D. The molecule has 0 radical (unpaired) electrons. The van der Waals surface area contributed by atoms with Gasteiger partial charge in [0.1, 0.15) is 0 Å². The van der Waals surface area contributed by atoms with E-state index in [0.717, 1.165) is 72.2 Å². The SMILES string of the molecule is [2H]c1c([2H])c([2H])c2c(c1[2H])c1cccc(-c3cccc(-c4ccc(-c5ccccc5)cc4)c3)c1n2-c1ccc(-c2ccc(-c3nc(-c4ccccc4)nc(-c4ccccc4)n3)cc2)cc1. The first-order valence-corrected chi connectivity index (χ1v) is 20.3. The lowest BCUT2D eigenvalue weighted by molar-refractivity contribution is 1.07. The van der Waals surface area contributed by atoms with Gasteiger partial charge in [0.2, 0.25) is 0 Å². The van der Waals surface area contributed by atoms with Gasteiger partial charge in [-0.15, -0.1) is 0 Å². The van der Waals surface area contributed by atoms with E-state index in [-0.39, 0.29) is 24.2 Å². The predicted molar refractivity (Wildman–Crippen MR) is 252 cm³/mol. The maximum Gasteiger partial charge on any atom is 0.164 e. The van der Waals surface area contributed by atoms with Crippen LogP contribution in [0.2, 0.25) is 0 Å². The van der Waals surface area contributed by atoms with Gasteiger partial charge in [-0.25, -0.2) is 15.0 Å². The van der Waals surface area contributed by atoms with Gasteiger partial charge < -0.3 is 4.57 Å². The molecule has 11 rings (SSSR count). The van der Waals surface area contributed by atoms with Gasteiger partial charge >= 0.3 is 0 Å². The zero-order valence-corrected chi connectivity index (χ0v) is 32.9. The Kier molecular flexibility index (Phi) is 8.07. The van der Waals surface area contributed by atoms with E-state index in [1.807, 2.05) is 120 Å². The molecule has 0 bridgehead atoms. The molecule has 0 fully saturated rings. The van der Waals surface area contributed by atoms with E-state index in [1.54, 1.807) is 0 Å². The van der Waals surface area contributed by atoms with Crippen LogP contribution in [-0.4, -0.2) is 19.5 Å². The topological polar surface area (TPSA) is 43.6 Å². The van der Waals surface area contributed by atoms with Crippen LogP contribution in [-0.2, 0) is 0 Å². The van der Waals surface area contributed by atoms with E-state index >= 15 is 0 Å². The number of hydrogen-bond donors (Lipinski definition) is 0. The summed E-state index contributed by atoms with van der Waals surface area (Å²) in [6.07, 6.45) is 0. The van der Waals surface area contributed by atoms with E-state index in [0.29, 0.717) is 28.4 Å². The number of para-hydroxylation sites is 2. The van der Waals surface area contributed by atoms with Crippen molar-refractivity contribution >= 4 is 21.8 Å². The van der Waals surface area contributed by atoms with Gasteiger partial charge in [-0.3, -0.25) is 0 Å².